The van der Waals surface area contributed by atoms with E-state index in [1.165, 1.54) is 17.4 Å². The smallest absolute Gasteiger partial charge is 0.346 e. The third kappa shape index (κ3) is 2.97. The van der Waals surface area contributed by atoms with Crippen molar-refractivity contribution < 1.29 is 19.1 Å². The molecule has 0 saturated heterocycles. The normalized spacial score (nSPS) is 11.0. The molecular weight excluding hydrogens is 342 g/mol. The molecule has 25 heavy (non-hydrogen) atoms. The second kappa shape index (κ2) is 6.03. The molecule has 0 aliphatic heterocycles. The lowest BCUT2D eigenvalue weighted by molar-refractivity contribution is -0.139. The zero-order valence-electron chi connectivity index (χ0n) is 12.8. The van der Waals surface area contributed by atoms with Crippen LogP contribution in [-0.2, 0) is 4.79 Å². The number of thiazole rings is 1. The Balaban J connectivity index is 1.78. The highest BCUT2D eigenvalue weighted by molar-refractivity contribution is 7.21. The summed E-state index contributed by atoms with van der Waals surface area (Å²) in [4.78, 5) is 27.4. The van der Waals surface area contributed by atoms with E-state index in [9.17, 15) is 9.59 Å². The summed E-state index contributed by atoms with van der Waals surface area (Å²) < 4.78 is 11.5. The SMILES string of the molecule is O=C(O)COc1ccc2cc(-c3nc4ccccc4s3)c(=O)oc2c1. The van der Waals surface area contributed by atoms with Gasteiger partial charge in [0.15, 0.2) is 6.61 Å². The molecule has 0 bridgehead atoms. The summed E-state index contributed by atoms with van der Waals surface area (Å²) in [6.45, 7) is -0.459. The Morgan fingerprint density at radius 2 is 2.04 bits per heavy atom. The Morgan fingerprint density at radius 3 is 2.84 bits per heavy atom. The fraction of sp³-hybridized carbons (Fsp3) is 0.0556. The van der Waals surface area contributed by atoms with Gasteiger partial charge in [-0.1, -0.05) is 12.1 Å². The minimum absolute atomic E-state index is 0.325. The average Bonchev–Trinajstić information content (AvgIpc) is 3.03. The van der Waals surface area contributed by atoms with Gasteiger partial charge in [-0.25, -0.2) is 14.6 Å². The van der Waals surface area contributed by atoms with E-state index >= 15 is 0 Å². The van der Waals surface area contributed by atoms with Crippen LogP contribution in [0.4, 0.5) is 0 Å². The van der Waals surface area contributed by atoms with Crippen LogP contribution in [0.2, 0.25) is 0 Å². The van der Waals surface area contributed by atoms with Crippen LogP contribution < -0.4 is 10.4 Å². The molecule has 1 N–H and O–H groups in total. The molecule has 6 nitrogen and oxygen atoms in total. The summed E-state index contributed by atoms with van der Waals surface area (Å²) >= 11 is 1.43. The Labute approximate surface area is 144 Å². The Kier molecular flexibility index (Phi) is 3.70. The number of ether oxygens (including phenoxy) is 1. The lowest BCUT2D eigenvalue weighted by Gasteiger charge is -2.04. The third-order valence-corrected chi connectivity index (χ3v) is 4.66. The maximum absolute atomic E-state index is 12.4. The molecule has 2 aromatic carbocycles. The fourth-order valence-corrected chi connectivity index (χ4v) is 3.43. The summed E-state index contributed by atoms with van der Waals surface area (Å²) in [5, 5.41) is 9.96. The maximum atomic E-state index is 12.4. The first-order valence-corrected chi connectivity index (χ1v) is 8.20. The molecule has 0 radical (unpaired) electrons. The van der Waals surface area contributed by atoms with Crippen LogP contribution in [0.15, 0.2) is 57.7 Å². The number of hydrogen-bond acceptors (Lipinski definition) is 6. The maximum Gasteiger partial charge on any atom is 0.346 e. The van der Waals surface area contributed by atoms with Gasteiger partial charge in [0.05, 0.1) is 15.8 Å². The number of carboxylic acids is 1. The van der Waals surface area contributed by atoms with Crippen molar-refractivity contribution in [2.24, 2.45) is 0 Å². The largest absolute Gasteiger partial charge is 0.482 e. The zero-order valence-corrected chi connectivity index (χ0v) is 13.6. The first kappa shape index (κ1) is 15.3. The second-order valence-electron chi connectivity index (χ2n) is 5.32. The molecule has 2 heterocycles. The number of aromatic nitrogens is 1. The van der Waals surface area contributed by atoms with Gasteiger partial charge in [0, 0.05) is 11.5 Å². The van der Waals surface area contributed by atoms with Crippen molar-refractivity contribution in [1.29, 1.82) is 0 Å². The van der Waals surface area contributed by atoms with Crippen molar-refractivity contribution in [3.8, 4) is 16.3 Å². The lowest BCUT2D eigenvalue weighted by Crippen LogP contribution is -2.09. The van der Waals surface area contributed by atoms with Crippen molar-refractivity contribution in [1.82, 2.24) is 4.98 Å². The van der Waals surface area contributed by atoms with Crippen LogP contribution >= 0.6 is 11.3 Å². The standard InChI is InChI=1S/C18H11NO5S/c20-16(21)9-23-11-6-5-10-7-12(18(22)24-14(10)8-11)17-19-13-3-1-2-4-15(13)25-17/h1-8H,9H2,(H,20,21). The average molecular weight is 353 g/mol. The van der Waals surface area contributed by atoms with Crippen molar-refractivity contribution in [3.05, 3.63) is 59.0 Å². The van der Waals surface area contributed by atoms with Crippen LogP contribution in [0.5, 0.6) is 5.75 Å². The third-order valence-electron chi connectivity index (χ3n) is 3.59. The minimum atomic E-state index is -1.08. The highest BCUT2D eigenvalue weighted by Gasteiger charge is 2.13. The number of carbonyl (C=O) groups is 1. The van der Waals surface area contributed by atoms with Crippen molar-refractivity contribution >= 4 is 38.5 Å². The predicted molar refractivity (Wildman–Crippen MR) is 94.2 cm³/mol. The quantitative estimate of drug-likeness (QED) is 0.565. The number of carboxylic acid groups (broad SMARTS) is 1. The number of nitrogens with zero attached hydrogens (tertiary/aromatic N) is 1. The Bertz CT molecular complexity index is 1130. The van der Waals surface area contributed by atoms with E-state index in [-0.39, 0.29) is 0 Å². The van der Waals surface area contributed by atoms with Gasteiger partial charge < -0.3 is 14.3 Å². The molecule has 0 aliphatic rings. The highest BCUT2D eigenvalue weighted by atomic mass is 32.1. The summed E-state index contributed by atoms with van der Waals surface area (Å²) in [5.41, 5.74) is 1.06. The van der Waals surface area contributed by atoms with Crippen LogP contribution in [0.3, 0.4) is 0 Å². The van der Waals surface area contributed by atoms with E-state index in [2.05, 4.69) is 4.98 Å². The van der Waals surface area contributed by atoms with E-state index in [0.29, 0.717) is 27.3 Å². The molecule has 0 saturated carbocycles. The highest BCUT2D eigenvalue weighted by Crippen LogP contribution is 2.30. The molecule has 7 heteroatoms. The van der Waals surface area contributed by atoms with E-state index in [1.807, 2.05) is 24.3 Å². The first-order valence-electron chi connectivity index (χ1n) is 7.38. The van der Waals surface area contributed by atoms with Crippen molar-refractivity contribution in [2.75, 3.05) is 6.61 Å². The van der Waals surface area contributed by atoms with Crippen LogP contribution in [0.1, 0.15) is 0 Å². The predicted octanol–water partition coefficient (Wildman–Crippen LogP) is 3.53. The minimum Gasteiger partial charge on any atom is -0.482 e. The molecule has 124 valence electrons. The van der Waals surface area contributed by atoms with E-state index in [1.54, 1.807) is 18.2 Å². The molecule has 0 unspecified atom stereocenters. The zero-order chi connectivity index (χ0) is 17.4. The molecule has 2 aromatic heterocycles. The summed E-state index contributed by atoms with van der Waals surface area (Å²) in [6.07, 6.45) is 0. The first-order chi connectivity index (χ1) is 12.1. The van der Waals surface area contributed by atoms with E-state index in [0.717, 1.165) is 10.2 Å². The second-order valence-corrected chi connectivity index (χ2v) is 6.35. The molecule has 4 rings (SSSR count). The van der Waals surface area contributed by atoms with Gasteiger partial charge in [-0.3, -0.25) is 0 Å². The molecule has 0 amide bonds. The Hall–Kier alpha value is -3.19. The summed E-state index contributed by atoms with van der Waals surface area (Å²) in [7, 11) is 0. The summed E-state index contributed by atoms with van der Waals surface area (Å²) in [6, 6.07) is 14.2. The van der Waals surface area contributed by atoms with Crippen LogP contribution in [0.25, 0.3) is 31.8 Å². The van der Waals surface area contributed by atoms with Gasteiger partial charge in [0.2, 0.25) is 0 Å². The monoisotopic (exact) mass is 353 g/mol. The number of para-hydroxylation sites is 1. The van der Waals surface area contributed by atoms with Crippen molar-refractivity contribution in [2.45, 2.75) is 0 Å². The number of fused-ring (bicyclic) bond motifs is 2. The van der Waals surface area contributed by atoms with E-state index in [4.69, 9.17) is 14.3 Å². The van der Waals surface area contributed by atoms with Gasteiger partial charge in [-0.2, -0.15) is 0 Å². The molecule has 4 aromatic rings. The van der Waals surface area contributed by atoms with Gasteiger partial charge in [0.1, 0.15) is 16.3 Å². The number of benzene rings is 2. The lowest BCUT2D eigenvalue weighted by atomic mass is 10.2. The van der Waals surface area contributed by atoms with Gasteiger partial charge in [-0.15, -0.1) is 11.3 Å². The molecule has 0 spiro atoms. The number of aliphatic carboxylic acids is 1. The molecule has 0 atom stereocenters. The molecule has 0 aliphatic carbocycles. The van der Waals surface area contributed by atoms with E-state index < -0.39 is 18.2 Å². The fourth-order valence-electron chi connectivity index (χ4n) is 2.46. The van der Waals surface area contributed by atoms with Gasteiger partial charge in [0.25, 0.3) is 0 Å². The van der Waals surface area contributed by atoms with Gasteiger partial charge >= 0.3 is 11.6 Å². The van der Waals surface area contributed by atoms with Gasteiger partial charge in [-0.05, 0) is 30.3 Å². The number of rotatable bonds is 4. The topological polar surface area (TPSA) is 89.6 Å². The summed E-state index contributed by atoms with van der Waals surface area (Å²) in [5.74, 6) is -0.751. The molecular formula is C18H11NO5S. The van der Waals surface area contributed by atoms with Crippen LogP contribution in [-0.4, -0.2) is 22.7 Å². The molecule has 0 fully saturated rings. The van der Waals surface area contributed by atoms with Crippen molar-refractivity contribution in [3.63, 3.8) is 0 Å². The van der Waals surface area contributed by atoms with Crippen LogP contribution in [0, 0.1) is 0 Å². The Morgan fingerprint density at radius 1 is 1.20 bits per heavy atom. The number of hydrogen-bond donors (Lipinski definition) is 1.